The molecule has 13 heteroatoms. The number of rotatable bonds is 7. The first-order chi connectivity index (χ1) is 17.4. The Morgan fingerprint density at radius 3 is 2.14 bits per heavy atom. The fraction of sp³-hybridized carbons (Fsp3) is 0.217. The van der Waals surface area contributed by atoms with Crippen LogP contribution in [0.3, 0.4) is 0 Å². The smallest absolute Gasteiger partial charge is 0.338 e. The van der Waals surface area contributed by atoms with E-state index in [1.54, 1.807) is 36.4 Å². The minimum Gasteiger partial charge on any atom is -0.451 e. The molecule has 2 heterocycles. The molecule has 1 fully saturated rings. The number of hydrogen-bond acceptors (Lipinski definition) is 8. The third-order valence-corrected chi connectivity index (χ3v) is 6.47. The molecule has 0 saturated carbocycles. The summed E-state index contributed by atoms with van der Waals surface area (Å²) in [4.78, 5) is 55.2. The zero-order valence-corrected chi connectivity index (χ0v) is 20.5. The number of aromatic nitrogens is 2. The number of benzene rings is 2. The molecule has 0 unspecified atom stereocenters. The van der Waals surface area contributed by atoms with Gasteiger partial charge in [-0.05, 0) is 29.8 Å². The van der Waals surface area contributed by atoms with E-state index < -0.39 is 47.3 Å². The summed E-state index contributed by atoms with van der Waals surface area (Å²) >= 11 is 1.87. The van der Waals surface area contributed by atoms with Crippen molar-refractivity contribution in [3.8, 4) is 0 Å². The lowest BCUT2D eigenvalue weighted by atomic mass is 10.1. The van der Waals surface area contributed by atoms with Gasteiger partial charge in [-0.25, -0.2) is 14.4 Å². The molecule has 0 radical (unpaired) electrons. The highest BCUT2D eigenvalue weighted by molar-refractivity contribution is 14.1. The fourth-order valence-electron chi connectivity index (χ4n) is 3.69. The number of aromatic amines is 1. The van der Waals surface area contributed by atoms with E-state index >= 15 is 0 Å². The van der Waals surface area contributed by atoms with Crippen molar-refractivity contribution in [2.75, 3.05) is 4.43 Å². The lowest BCUT2D eigenvalue weighted by molar-refractivity contribution is -0.0887. The van der Waals surface area contributed by atoms with Gasteiger partial charge in [0.25, 0.3) is 5.56 Å². The number of nitrogens with one attached hydrogen (secondary N) is 1. The Kier molecular flexibility index (Phi) is 7.52. The first-order valence-electron chi connectivity index (χ1n) is 10.5. The summed E-state index contributed by atoms with van der Waals surface area (Å²) in [5, 5.41) is 3.75. The Labute approximate surface area is 216 Å². The van der Waals surface area contributed by atoms with Crippen molar-refractivity contribution in [2.24, 2.45) is 5.11 Å². The van der Waals surface area contributed by atoms with Crippen molar-refractivity contribution in [1.82, 2.24) is 9.55 Å². The number of carbonyl (C=O) groups is 2. The Bertz CT molecular complexity index is 1420. The summed E-state index contributed by atoms with van der Waals surface area (Å²) in [6.07, 6.45) is -3.15. The van der Waals surface area contributed by atoms with E-state index in [9.17, 15) is 24.7 Å². The molecule has 12 nitrogen and oxygen atoms in total. The summed E-state index contributed by atoms with van der Waals surface area (Å²) in [6, 6.07) is 17.1. The highest BCUT2D eigenvalue weighted by Crippen LogP contribution is 2.43. The van der Waals surface area contributed by atoms with Gasteiger partial charge >= 0.3 is 17.6 Å². The van der Waals surface area contributed by atoms with Gasteiger partial charge in [0.05, 0.1) is 11.1 Å². The second-order valence-electron chi connectivity index (χ2n) is 7.62. The molecule has 184 valence electrons. The number of hydrogen-bond donors (Lipinski definition) is 1. The Morgan fingerprint density at radius 2 is 1.61 bits per heavy atom. The number of carbonyl (C=O) groups excluding carboxylic acids is 2. The molecule has 1 saturated heterocycles. The first kappa shape index (κ1) is 25.2. The molecule has 0 amide bonds. The van der Waals surface area contributed by atoms with Gasteiger partial charge in [-0.1, -0.05) is 64.1 Å². The molecule has 1 aromatic heterocycles. The number of azide groups is 1. The van der Waals surface area contributed by atoms with Crippen LogP contribution in [0.4, 0.5) is 0 Å². The molecule has 4 atom stereocenters. The average Bonchev–Trinajstić information content (AvgIpc) is 3.18. The van der Waals surface area contributed by atoms with Crippen molar-refractivity contribution in [3.05, 3.63) is 115 Å². The van der Waals surface area contributed by atoms with Crippen LogP contribution in [0.25, 0.3) is 10.4 Å². The highest BCUT2D eigenvalue weighted by atomic mass is 127. The van der Waals surface area contributed by atoms with E-state index in [1.807, 2.05) is 22.6 Å². The predicted molar refractivity (Wildman–Crippen MR) is 133 cm³/mol. The van der Waals surface area contributed by atoms with Gasteiger partial charge in [-0.2, -0.15) is 0 Å². The van der Waals surface area contributed by atoms with Crippen molar-refractivity contribution >= 4 is 34.5 Å². The first-order valence-corrected chi connectivity index (χ1v) is 12.0. The van der Waals surface area contributed by atoms with Crippen LogP contribution in [-0.2, 0) is 14.2 Å². The van der Waals surface area contributed by atoms with E-state index in [2.05, 4.69) is 15.0 Å². The molecule has 2 aromatic carbocycles. The molecule has 3 aromatic rings. The summed E-state index contributed by atoms with van der Waals surface area (Å²) in [7, 11) is 0. The number of alkyl halides is 1. The van der Waals surface area contributed by atoms with Crippen LogP contribution in [0.5, 0.6) is 0 Å². The van der Waals surface area contributed by atoms with Gasteiger partial charge < -0.3 is 14.2 Å². The maximum atomic E-state index is 13.0. The van der Waals surface area contributed by atoms with E-state index in [-0.39, 0.29) is 15.6 Å². The predicted octanol–water partition coefficient (Wildman–Crippen LogP) is 2.96. The maximum Gasteiger partial charge on any atom is 0.338 e. The Morgan fingerprint density at radius 1 is 1.03 bits per heavy atom. The minimum absolute atomic E-state index is 0.0322. The van der Waals surface area contributed by atoms with Crippen LogP contribution < -0.4 is 11.2 Å². The second-order valence-corrected chi connectivity index (χ2v) is 8.38. The van der Waals surface area contributed by atoms with E-state index in [1.165, 1.54) is 24.3 Å². The van der Waals surface area contributed by atoms with E-state index in [4.69, 9.17) is 14.2 Å². The van der Waals surface area contributed by atoms with Crippen molar-refractivity contribution in [2.45, 2.75) is 24.2 Å². The normalized spacial score (nSPS) is 22.9. The zero-order chi connectivity index (χ0) is 25.7. The Balaban J connectivity index is 1.82. The van der Waals surface area contributed by atoms with Crippen LogP contribution in [0.15, 0.2) is 87.6 Å². The third kappa shape index (κ3) is 5.03. The average molecular weight is 603 g/mol. The largest absolute Gasteiger partial charge is 0.451 e. The second kappa shape index (κ2) is 10.8. The fourth-order valence-corrected chi connectivity index (χ4v) is 4.45. The van der Waals surface area contributed by atoms with Crippen LogP contribution in [0, 0.1) is 0 Å². The molecule has 36 heavy (non-hydrogen) atoms. The summed E-state index contributed by atoms with van der Waals surface area (Å²) in [5.41, 5.74) is 6.31. The summed E-state index contributed by atoms with van der Waals surface area (Å²) in [5.74, 6) is -1.58. The SMILES string of the molecule is [N-]=[N+]=N[C@]1(CI)O[C@@H](n2ccc(=O)[nH]c2=O)[C@H](OC(=O)c2ccccc2)[C@@H]1OC(=O)c1ccccc1. The van der Waals surface area contributed by atoms with Gasteiger partial charge in [-0.3, -0.25) is 14.3 Å². The molecular weight excluding hydrogens is 585 g/mol. The number of H-pyrrole nitrogens is 1. The molecule has 1 N–H and O–H groups in total. The van der Waals surface area contributed by atoms with Crippen molar-refractivity contribution in [3.63, 3.8) is 0 Å². The quantitative estimate of drug-likeness (QED) is 0.108. The minimum atomic E-state index is -1.85. The van der Waals surface area contributed by atoms with Crippen molar-refractivity contribution < 1.29 is 23.8 Å². The maximum absolute atomic E-state index is 13.0. The number of esters is 2. The van der Waals surface area contributed by atoms with Gasteiger partial charge in [0, 0.05) is 21.6 Å². The molecular formula is C23H18IN5O7. The number of ether oxygens (including phenoxy) is 3. The topological polar surface area (TPSA) is 165 Å². The van der Waals surface area contributed by atoms with E-state index in [0.29, 0.717) is 0 Å². The number of nitrogens with zero attached hydrogens (tertiary/aromatic N) is 4. The summed E-state index contributed by atoms with van der Waals surface area (Å²) in [6.45, 7) is 0. The lowest BCUT2D eigenvalue weighted by Gasteiger charge is -2.28. The van der Waals surface area contributed by atoms with Gasteiger partial charge in [0.1, 0.15) is 0 Å². The van der Waals surface area contributed by atoms with E-state index in [0.717, 1.165) is 16.8 Å². The monoisotopic (exact) mass is 603 g/mol. The molecule has 0 aliphatic carbocycles. The van der Waals surface area contributed by atoms with Crippen LogP contribution >= 0.6 is 22.6 Å². The molecule has 0 bridgehead atoms. The van der Waals surface area contributed by atoms with Crippen LogP contribution in [-0.4, -0.2) is 43.9 Å². The van der Waals surface area contributed by atoms with Crippen molar-refractivity contribution in [1.29, 1.82) is 0 Å². The lowest BCUT2D eigenvalue weighted by Crippen LogP contribution is -2.47. The highest BCUT2D eigenvalue weighted by Gasteiger charge is 2.60. The number of halogens is 1. The molecule has 1 aliphatic rings. The van der Waals surface area contributed by atoms with Gasteiger partial charge in [0.2, 0.25) is 0 Å². The molecule has 0 spiro atoms. The standard InChI is InChI=1S/C23H18IN5O7/c24-13-23(27-28-25)18(35-21(32)15-9-5-2-6-10-15)17(34-20(31)14-7-3-1-4-8-14)19(36-23)29-12-11-16(30)26-22(29)33/h1-12,17-19H,13H2,(H,26,30,33)/t17-,18+,19-,23-/m1/s1. The zero-order valence-electron chi connectivity index (χ0n) is 18.4. The summed E-state index contributed by atoms with van der Waals surface area (Å²) < 4.78 is 18.4. The van der Waals surface area contributed by atoms with Gasteiger partial charge in [0.15, 0.2) is 24.2 Å². The van der Waals surface area contributed by atoms with Gasteiger partial charge in [-0.15, -0.1) is 0 Å². The molecule has 1 aliphatic heterocycles. The molecule has 4 rings (SSSR count). The van der Waals surface area contributed by atoms with Crippen LogP contribution in [0.1, 0.15) is 26.9 Å². The third-order valence-electron chi connectivity index (χ3n) is 5.38. The Hall–Kier alpha value is -3.94. The van der Waals surface area contributed by atoms with Crippen LogP contribution in [0.2, 0.25) is 0 Å².